The smallest absolute Gasteiger partial charge is 0.164 e. The van der Waals surface area contributed by atoms with Gasteiger partial charge in [-0.1, -0.05) is 169 Å². The third-order valence-electron chi connectivity index (χ3n) is 14.1. The van der Waals surface area contributed by atoms with E-state index in [9.17, 15) is 5.26 Å². The molecule has 0 saturated carbocycles. The average molecular weight is 929 g/mol. The van der Waals surface area contributed by atoms with Crippen molar-refractivity contribution in [3.8, 4) is 73.9 Å². The Morgan fingerprint density at radius 3 is 1.44 bits per heavy atom. The van der Waals surface area contributed by atoms with Crippen LogP contribution in [0, 0.1) is 11.3 Å². The summed E-state index contributed by atoms with van der Waals surface area (Å²) >= 11 is 0. The second-order valence-corrected chi connectivity index (χ2v) is 20.9. The van der Waals surface area contributed by atoms with Gasteiger partial charge in [-0.3, -0.25) is 0 Å². The van der Waals surface area contributed by atoms with Crippen molar-refractivity contribution < 1.29 is 0 Å². The van der Waals surface area contributed by atoms with Crippen LogP contribution in [-0.2, 0) is 10.8 Å². The van der Waals surface area contributed by atoms with E-state index in [1.54, 1.807) is 0 Å². The number of fused-ring (bicyclic) bond motifs is 6. The number of para-hydroxylation sites is 2. The summed E-state index contributed by atoms with van der Waals surface area (Å²) in [6.07, 6.45) is 0. The van der Waals surface area contributed by atoms with Gasteiger partial charge in [0.15, 0.2) is 17.5 Å². The fraction of sp³-hybridized carbons (Fsp3) is 0.121. The fourth-order valence-electron chi connectivity index (χ4n) is 10.3. The molecule has 0 radical (unpaired) electrons. The summed E-state index contributed by atoms with van der Waals surface area (Å²) < 4.78 is 4.82. The molecule has 0 saturated heterocycles. The SMILES string of the molecule is CC(C)(C)c1ccc2c(c1)c1ccccc1n2-c1ccc(-c2nc(-c3ccccc3)nc(-c3ccccc3)n2)c(-c2cc(-c3cccc(C#N)c3)ccc2-n2c3ccccc3c3cc(C(C)(C)C)ccc32)c1. The predicted molar refractivity (Wildman–Crippen MR) is 298 cm³/mol. The van der Waals surface area contributed by atoms with Crippen LogP contribution >= 0.6 is 0 Å². The molecule has 0 fully saturated rings. The molecule has 6 nitrogen and oxygen atoms in total. The quantitative estimate of drug-likeness (QED) is 0.160. The molecule has 0 N–H and O–H groups in total. The van der Waals surface area contributed by atoms with Crippen LogP contribution in [0.4, 0.5) is 0 Å². The topological polar surface area (TPSA) is 72.3 Å². The third kappa shape index (κ3) is 7.71. The number of aromatic nitrogens is 5. The summed E-state index contributed by atoms with van der Waals surface area (Å²) in [7, 11) is 0. The molecule has 0 bridgehead atoms. The minimum Gasteiger partial charge on any atom is -0.309 e. The monoisotopic (exact) mass is 928 g/mol. The van der Waals surface area contributed by atoms with Crippen molar-refractivity contribution >= 4 is 43.6 Å². The number of benzene rings is 9. The van der Waals surface area contributed by atoms with Gasteiger partial charge in [0, 0.05) is 49.5 Å². The van der Waals surface area contributed by atoms with Crippen molar-refractivity contribution in [2.45, 2.75) is 52.4 Å². The van der Waals surface area contributed by atoms with Gasteiger partial charge in [-0.05, 0) is 118 Å². The van der Waals surface area contributed by atoms with Gasteiger partial charge in [0.2, 0.25) is 0 Å². The van der Waals surface area contributed by atoms with Crippen molar-refractivity contribution in [3.63, 3.8) is 0 Å². The lowest BCUT2D eigenvalue weighted by molar-refractivity contribution is 0.591. The van der Waals surface area contributed by atoms with Crippen LogP contribution in [0.1, 0.15) is 58.2 Å². The van der Waals surface area contributed by atoms with E-state index in [1.165, 1.54) is 32.7 Å². The summed E-state index contributed by atoms with van der Waals surface area (Å²) in [5.74, 6) is 1.73. The van der Waals surface area contributed by atoms with Crippen LogP contribution < -0.4 is 0 Å². The Balaban J connectivity index is 1.21. The highest BCUT2D eigenvalue weighted by Gasteiger charge is 2.25. The summed E-state index contributed by atoms with van der Waals surface area (Å²) in [6, 6.07) is 75.3. The molecule has 0 unspecified atom stereocenters. The molecular formula is C66H52N6. The minimum absolute atomic E-state index is 0.0245. The maximum atomic E-state index is 10.1. The number of nitrogens with zero attached hydrogens (tertiary/aromatic N) is 6. The van der Waals surface area contributed by atoms with E-state index in [0.717, 1.165) is 72.4 Å². The Bertz CT molecular complexity index is 4060. The summed E-state index contributed by atoms with van der Waals surface area (Å²) in [5, 5.41) is 14.9. The van der Waals surface area contributed by atoms with Crippen molar-refractivity contribution in [3.05, 3.63) is 223 Å². The Morgan fingerprint density at radius 1 is 0.361 bits per heavy atom. The molecule has 0 aliphatic carbocycles. The first kappa shape index (κ1) is 44.3. The van der Waals surface area contributed by atoms with E-state index < -0.39 is 0 Å². The van der Waals surface area contributed by atoms with E-state index >= 15 is 0 Å². The lowest BCUT2D eigenvalue weighted by Crippen LogP contribution is -2.10. The molecule has 12 rings (SSSR count). The molecule has 346 valence electrons. The van der Waals surface area contributed by atoms with Crippen LogP contribution in [0.5, 0.6) is 0 Å². The lowest BCUT2D eigenvalue weighted by Gasteiger charge is -2.21. The molecule has 12 aromatic rings. The van der Waals surface area contributed by atoms with E-state index in [4.69, 9.17) is 15.0 Å². The van der Waals surface area contributed by atoms with Gasteiger partial charge in [-0.2, -0.15) is 5.26 Å². The standard InChI is InChI=1S/C66H52N6/c1-65(2,3)47-29-34-59-55(38-47)50-24-13-15-26-57(50)71(59)49-31-32-52(64-69-62(43-19-9-7-10-20-43)68-63(70-64)44-21-11-8-12-22-44)53(40-49)54-37-46(45-23-17-18-42(36-45)41-67)28-33-60(54)72-58-27-16-14-25-51(58)56-39-48(66(4,5)6)30-35-61(56)72/h7-40H,1-6H3. The van der Waals surface area contributed by atoms with Crippen LogP contribution in [0.25, 0.3) is 111 Å². The second-order valence-electron chi connectivity index (χ2n) is 20.9. The van der Waals surface area contributed by atoms with E-state index in [2.05, 4.69) is 208 Å². The Morgan fingerprint density at radius 2 is 0.861 bits per heavy atom. The highest BCUT2D eigenvalue weighted by molar-refractivity contribution is 6.11. The van der Waals surface area contributed by atoms with Gasteiger partial charge in [0.25, 0.3) is 0 Å². The number of hydrogen-bond acceptors (Lipinski definition) is 4. The molecule has 0 atom stereocenters. The second kappa shape index (κ2) is 17.2. The molecule has 0 amide bonds. The van der Waals surface area contributed by atoms with Crippen molar-refractivity contribution in [1.82, 2.24) is 24.1 Å². The third-order valence-corrected chi connectivity index (χ3v) is 14.1. The van der Waals surface area contributed by atoms with Crippen LogP contribution in [0.2, 0.25) is 0 Å². The normalized spacial score (nSPS) is 12.0. The maximum Gasteiger partial charge on any atom is 0.164 e. The van der Waals surface area contributed by atoms with Gasteiger partial charge in [0.05, 0.1) is 39.4 Å². The molecule has 0 spiro atoms. The minimum atomic E-state index is -0.0413. The Labute approximate surface area is 420 Å². The number of rotatable bonds is 7. The average Bonchev–Trinajstić information content (AvgIpc) is 3.92. The van der Waals surface area contributed by atoms with Crippen molar-refractivity contribution in [1.29, 1.82) is 5.26 Å². The summed E-state index contributed by atoms with van der Waals surface area (Å²) in [4.78, 5) is 15.9. The van der Waals surface area contributed by atoms with Gasteiger partial charge in [-0.25, -0.2) is 15.0 Å². The van der Waals surface area contributed by atoms with Gasteiger partial charge in [-0.15, -0.1) is 0 Å². The molecule has 72 heavy (non-hydrogen) atoms. The van der Waals surface area contributed by atoms with Gasteiger partial charge < -0.3 is 9.13 Å². The number of nitriles is 1. The largest absolute Gasteiger partial charge is 0.309 e. The molecule has 0 aliphatic heterocycles. The zero-order valence-corrected chi connectivity index (χ0v) is 41.3. The molecule has 9 aromatic carbocycles. The number of hydrogen-bond donors (Lipinski definition) is 0. The van der Waals surface area contributed by atoms with Crippen molar-refractivity contribution in [2.24, 2.45) is 0 Å². The molecule has 0 aliphatic rings. The van der Waals surface area contributed by atoms with Crippen LogP contribution in [0.15, 0.2) is 206 Å². The van der Waals surface area contributed by atoms with Gasteiger partial charge in [0.1, 0.15) is 0 Å². The molecule has 3 aromatic heterocycles. The lowest BCUT2D eigenvalue weighted by atomic mass is 9.86. The van der Waals surface area contributed by atoms with E-state index in [0.29, 0.717) is 23.0 Å². The predicted octanol–water partition coefficient (Wildman–Crippen LogP) is 16.9. The van der Waals surface area contributed by atoms with E-state index in [1.807, 2.05) is 54.6 Å². The highest BCUT2D eigenvalue weighted by Crippen LogP contribution is 2.44. The molecular weight excluding hydrogens is 877 g/mol. The van der Waals surface area contributed by atoms with Gasteiger partial charge >= 0.3 is 0 Å². The Kier molecular flexibility index (Phi) is 10.6. The first-order valence-electron chi connectivity index (χ1n) is 24.7. The Hall–Kier alpha value is -8.92. The zero-order chi connectivity index (χ0) is 49.3. The van der Waals surface area contributed by atoms with Crippen molar-refractivity contribution in [2.75, 3.05) is 0 Å². The van der Waals surface area contributed by atoms with E-state index in [-0.39, 0.29) is 10.8 Å². The molecule has 6 heteroatoms. The van der Waals surface area contributed by atoms with Crippen LogP contribution in [-0.4, -0.2) is 24.1 Å². The first-order chi connectivity index (χ1) is 34.9. The fourth-order valence-corrected chi connectivity index (χ4v) is 10.3. The zero-order valence-electron chi connectivity index (χ0n) is 41.3. The first-order valence-corrected chi connectivity index (χ1v) is 24.7. The highest BCUT2D eigenvalue weighted by atomic mass is 15.0. The maximum absolute atomic E-state index is 10.1. The van der Waals surface area contributed by atoms with Crippen LogP contribution in [0.3, 0.4) is 0 Å². The molecule has 3 heterocycles. The summed E-state index contributed by atoms with van der Waals surface area (Å²) in [5.41, 5.74) is 16.1. The summed E-state index contributed by atoms with van der Waals surface area (Å²) in [6.45, 7) is 13.6.